The minimum Gasteiger partial charge on any atom is -0.478 e. The van der Waals surface area contributed by atoms with Gasteiger partial charge in [0.15, 0.2) is 0 Å². The van der Waals surface area contributed by atoms with E-state index in [1.807, 2.05) is 0 Å². The molecule has 0 amide bonds. The number of benzene rings is 2. The molecule has 2 aromatic carbocycles. The Hall–Kier alpha value is -3.42. The molecule has 0 saturated carbocycles. The molecule has 1 aromatic heterocycles. The fourth-order valence-corrected chi connectivity index (χ4v) is 2.33. The second kappa shape index (κ2) is 6.83. The van der Waals surface area contributed by atoms with Crippen LogP contribution in [-0.2, 0) is 6.18 Å². The maximum absolute atomic E-state index is 12.7. The largest absolute Gasteiger partial charge is 0.478 e. The van der Waals surface area contributed by atoms with Crippen molar-refractivity contribution < 1.29 is 23.1 Å². The molecule has 0 atom stereocenters. The van der Waals surface area contributed by atoms with Gasteiger partial charge in [0.1, 0.15) is 0 Å². The number of hydrogen-bond acceptors (Lipinski definition) is 4. The molecule has 8 heteroatoms. The third-order valence-electron chi connectivity index (χ3n) is 3.60. The number of carboxylic acids is 1. The first-order chi connectivity index (χ1) is 12.3. The van der Waals surface area contributed by atoms with Gasteiger partial charge in [0.05, 0.1) is 23.0 Å². The Morgan fingerprint density at radius 2 is 1.77 bits per heavy atom. The number of carbonyl (C=O) groups is 1. The number of aromatic nitrogens is 2. The average Bonchev–Trinajstić information content (AvgIpc) is 2.62. The summed E-state index contributed by atoms with van der Waals surface area (Å²) in [6.07, 6.45) is 0.00351. The maximum atomic E-state index is 12.7. The van der Waals surface area contributed by atoms with Crippen molar-refractivity contribution in [3.8, 4) is 11.3 Å². The van der Waals surface area contributed by atoms with E-state index in [0.717, 1.165) is 12.1 Å². The highest BCUT2D eigenvalue weighted by atomic mass is 19.4. The minimum absolute atomic E-state index is 0.0589. The van der Waals surface area contributed by atoms with E-state index in [1.54, 1.807) is 0 Å². The molecule has 2 N–H and O–H groups in total. The summed E-state index contributed by atoms with van der Waals surface area (Å²) in [4.78, 5) is 19.3. The predicted octanol–water partition coefficient (Wildman–Crippen LogP) is 4.60. The van der Waals surface area contributed by atoms with Gasteiger partial charge in [0, 0.05) is 29.3 Å². The van der Waals surface area contributed by atoms with E-state index < -0.39 is 17.7 Å². The summed E-state index contributed by atoms with van der Waals surface area (Å²) >= 11 is 0. The Bertz CT molecular complexity index is 927. The lowest BCUT2D eigenvalue weighted by atomic mass is 10.1. The molecule has 0 fully saturated rings. The summed E-state index contributed by atoms with van der Waals surface area (Å²) in [5.41, 5.74) is 1.13. The van der Waals surface area contributed by atoms with Crippen molar-refractivity contribution in [2.45, 2.75) is 6.18 Å². The van der Waals surface area contributed by atoms with Crippen LogP contribution >= 0.6 is 0 Å². The summed E-state index contributed by atoms with van der Waals surface area (Å²) in [7, 11) is 0. The smallest absolute Gasteiger partial charge is 0.416 e. The Balaban J connectivity index is 1.98. The van der Waals surface area contributed by atoms with Crippen molar-refractivity contribution in [3.63, 3.8) is 0 Å². The van der Waals surface area contributed by atoms with Gasteiger partial charge in [-0.05, 0) is 42.5 Å². The molecule has 0 aliphatic rings. The monoisotopic (exact) mass is 359 g/mol. The van der Waals surface area contributed by atoms with Crippen molar-refractivity contribution in [3.05, 3.63) is 72.2 Å². The van der Waals surface area contributed by atoms with Crippen LogP contribution in [0, 0.1) is 0 Å². The maximum Gasteiger partial charge on any atom is 0.416 e. The highest BCUT2D eigenvalue weighted by molar-refractivity contribution is 5.92. The fourth-order valence-electron chi connectivity index (χ4n) is 2.33. The van der Waals surface area contributed by atoms with Crippen LogP contribution in [0.5, 0.6) is 0 Å². The number of hydrogen-bond donors (Lipinski definition) is 2. The van der Waals surface area contributed by atoms with E-state index in [1.165, 1.54) is 48.9 Å². The molecule has 0 radical (unpaired) electrons. The third-order valence-corrected chi connectivity index (χ3v) is 3.60. The van der Waals surface area contributed by atoms with Gasteiger partial charge in [-0.2, -0.15) is 13.2 Å². The van der Waals surface area contributed by atoms with Crippen LogP contribution in [0.3, 0.4) is 0 Å². The molecule has 5 nitrogen and oxygen atoms in total. The number of rotatable bonds is 4. The summed E-state index contributed by atoms with van der Waals surface area (Å²) < 4.78 is 38.0. The lowest BCUT2D eigenvalue weighted by molar-refractivity contribution is -0.137. The number of carboxylic acid groups (broad SMARTS) is 1. The highest BCUT2D eigenvalue weighted by Crippen LogP contribution is 2.32. The zero-order valence-electron chi connectivity index (χ0n) is 13.2. The van der Waals surface area contributed by atoms with Crippen molar-refractivity contribution in [2.24, 2.45) is 0 Å². The minimum atomic E-state index is -4.41. The lowest BCUT2D eigenvalue weighted by Crippen LogP contribution is -2.04. The van der Waals surface area contributed by atoms with Crippen LogP contribution in [0.2, 0.25) is 0 Å². The number of aromatic carboxylic acids is 1. The van der Waals surface area contributed by atoms with Crippen LogP contribution in [-0.4, -0.2) is 21.0 Å². The quantitative estimate of drug-likeness (QED) is 0.712. The second-order valence-electron chi connectivity index (χ2n) is 5.36. The lowest BCUT2D eigenvalue weighted by Gasteiger charge is -2.13. The van der Waals surface area contributed by atoms with Crippen molar-refractivity contribution >= 4 is 17.3 Å². The number of halogens is 3. The molecular formula is C18H12F3N3O2. The van der Waals surface area contributed by atoms with Crippen LogP contribution in [0.1, 0.15) is 15.9 Å². The molecule has 0 spiro atoms. The highest BCUT2D eigenvalue weighted by Gasteiger charge is 2.29. The van der Waals surface area contributed by atoms with Gasteiger partial charge < -0.3 is 10.4 Å². The van der Waals surface area contributed by atoms with Crippen LogP contribution in [0.25, 0.3) is 11.3 Å². The van der Waals surface area contributed by atoms with Crippen molar-refractivity contribution in [2.75, 3.05) is 5.32 Å². The average molecular weight is 359 g/mol. The van der Waals surface area contributed by atoms with Crippen LogP contribution < -0.4 is 5.32 Å². The molecule has 0 aliphatic carbocycles. The number of nitrogens with zero attached hydrogens (tertiary/aromatic N) is 2. The number of nitrogens with one attached hydrogen (secondary N) is 1. The normalized spacial score (nSPS) is 11.2. The standard InChI is InChI=1S/C18H12F3N3O2/c19-18(20,21)12-2-4-13(5-3-12)24-15-6-1-11(17(25)26)9-14(15)16-10-22-7-8-23-16/h1-10,24H,(H,25,26). The van der Waals surface area contributed by atoms with E-state index in [-0.39, 0.29) is 5.56 Å². The topological polar surface area (TPSA) is 75.1 Å². The Kier molecular flexibility index (Phi) is 4.57. The SMILES string of the molecule is O=C(O)c1ccc(Nc2ccc(C(F)(F)F)cc2)c(-c2cnccn2)c1. The Labute approximate surface area is 146 Å². The van der Waals surface area contributed by atoms with Gasteiger partial charge in [-0.25, -0.2) is 4.79 Å². The first-order valence-electron chi connectivity index (χ1n) is 7.42. The fraction of sp³-hybridized carbons (Fsp3) is 0.0556. The van der Waals surface area contributed by atoms with Crippen LogP contribution in [0.4, 0.5) is 24.5 Å². The van der Waals surface area contributed by atoms with Gasteiger partial charge in [-0.1, -0.05) is 0 Å². The first-order valence-corrected chi connectivity index (χ1v) is 7.42. The zero-order valence-corrected chi connectivity index (χ0v) is 13.2. The summed E-state index contributed by atoms with van der Waals surface area (Å²) in [5, 5.41) is 12.2. The predicted molar refractivity (Wildman–Crippen MR) is 89.2 cm³/mol. The first kappa shape index (κ1) is 17.4. The number of anilines is 2. The second-order valence-corrected chi connectivity index (χ2v) is 5.36. The van der Waals surface area contributed by atoms with E-state index in [9.17, 15) is 23.1 Å². The van der Waals surface area contributed by atoms with Gasteiger partial charge >= 0.3 is 12.1 Å². The molecule has 0 bridgehead atoms. The van der Waals surface area contributed by atoms with Crippen molar-refractivity contribution in [1.29, 1.82) is 0 Å². The van der Waals surface area contributed by atoms with Gasteiger partial charge in [-0.15, -0.1) is 0 Å². The van der Waals surface area contributed by atoms with E-state index >= 15 is 0 Å². The molecule has 0 saturated heterocycles. The van der Waals surface area contributed by atoms with E-state index in [0.29, 0.717) is 22.6 Å². The van der Waals surface area contributed by atoms with Gasteiger partial charge in [0.2, 0.25) is 0 Å². The molecule has 3 aromatic rings. The summed E-state index contributed by atoms with van der Waals surface area (Å²) in [6, 6.07) is 8.90. The summed E-state index contributed by atoms with van der Waals surface area (Å²) in [6.45, 7) is 0. The van der Waals surface area contributed by atoms with Crippen molar-refractivity contribution in [1.82, 2.24) is 9.97 Å². The molecule has 3 rings (SSSR count). The third kappa shape index (κ3) is 3.80. The van der Waals surface area contributed by atoms with E-state index in [2.05, 4.69) is 15.3 Å². The molecule has 1 heterocycles. The van der Waals surface area contributed by atoms with Gasteiger partial charge in [0.25, 0.3) is 0 Å². The molecule has 0 aliphatic heterocycles. The Morgan fingerprint density at radius 1 is 1.04 bits per heavy atom. The number of alkyl halides is 3. The molecule has 26 heavy (non-hydrogen) atoms. The van der Waals surface area contributed by atoms with E-state index in [4.69, 9.17) is 0 Å². The summed E-state index contributed by atoms with van der Waals surface area (Å²) in [5.74, 6) is -1.10. The molecule has 132 valence electrons. The molecule has 0 unspecified atom stereocenters. The van der Waals surface area contributed by atoms with Crippen LogP contribution in [0.15, 0.2) is 61.1 Å². The Morgan fingerprint density at radius 3 is 2.35 bits per heavy atom. The zero-order chi connectivity index (χ0) is 18.7. The van der Waals surface area contributed by atoms with Gasteiger partial charge in [-0.3, -0.25) is 9.97 Å². The molecular weight excluding hydrogens is 347 g/mol.